The molecule has 0 spiro atoms. The van der Waals surface area contributed by atoms with Crippen LogP contribution in [-0.4, -0.2) is 70.7 Å². The Hall–Kier alpha value is -1.02. The van der Waals surface area contributed by atoms with Crippen molar-refractivity contribution in [3.63, 3.8) is 0 Å². The minimum Gasteiger partial charge on any atom is -0.756 e. The van der Waals surface area contributed by atoms with Crippen molar-refractivity contribution in [3.8, 4) is 0 Å². The van der Waals surface area contributed by atoms with E-state index in [1.165, 1.54) is 154 Å². The molecule has 58 heavy (non-hydrogen) atoms. The summed E-state index contributed by atoms with van der Waals surface area (Å²) >= 11 is 0. The zero-order valence-electron chi connectivity index (χ0n) is 39.0. The number of hydrogen-bond acceptors (Lipinski definition) is 7. The molecule has 0 heterocycles. The number of ether oxygens (including phenoxy) is 2. The first kappa shape index (κ1) is 57.0. The fraction of sp³-hybridized carbons (Fsp3) is 0.898. The molecular formula is C49H96NO7P. The van der Waals surface area contributed by atoms with Gasteiger partial charge in [-0.3, -0.25) is 9.36 Å². The van der Waals surface area contributed by atoms with Crippen molar-refractivity contribution in [1.29, 1.82) is 0 Å². The quantitative estimate of drug-likeness (QED) is 0.0198. The SMILES string of the molecule is CCC/C=C\CCCCCCCC(=O)OC(COCCCCCCCCCCCCCCCC/C=C\CCCCCCCCCC)COP(=O)([O-])OCC[N+](C)(C)C. The molecule has 0 aliphatic carbocycles. The number of unbranched alkanes of at least 4 members (excludes halogenated alkanes) is 28. The average molecular weight is 842 g/mol. The van der Waals surface area contributed by atoms with Crippen LogP contribution in [0.2, 0.25) is 0 Å². The first-order chi connectivity index (χ1) is 28.1. The average Bonchev–Trinajstić information content (AvgIpc) is 3.18. The zero-order chi connectivity index (χ0) is 42.7. The highest BCUT2D eigenvalue weighted by atomic mass is 31.2. The lowest BCUT2D eigenvalue weighted by Crippen LogP contribution is -2.37. The predicted molar refractivity (Wildman–Crippen MR) is 245 cm³/mol. The monoisotopic (exact) mass is 842 g/mol. The third-order valence-electron chi connectivity index (χ3n) is 10.7. The molecule has 0 N–H and O–H groups in total. The van der Waals surface area contributed by atoms with E-state index in [1.54, 1.807) is 0 Å². The number of esters is 1. The Morgan fingerprint density at radius 1 is 0.517 bits per heavy atom. The Morgan fingerprint density at radius 3 is 1.38 bits per heavy atom. The van der Waals surface area contributed by atoms with Crippen molar-refractivity contribution in [2.75, 3.05) is 54.1 Å². The van der Waals surface area contributed by atoms with Gasteiger partial charge in [0.15, 0.2) is 0 Å². The van der Waals surface area contributed by atoms with Crippen LogP contribution in [-0.2, 0) is 27.9 Å². The van der Waals surface area contributed by atoms with Gasteiger partial charge < -0.3 is 27.9 Å². The molecule has 2 atom stereocenters. The van der Waals surface area contributed by atoms with Crippen LogP contribution in [0, 0.1) is 0 Å². The number of nitrogens with zero attached hydrogens (tertiary/aromatic N) is 1. The molecule has 344 valence electrons. The lowest BCUT2D eigenvalue weighted by Gasteiger charge is -2.28. The topological polar surface area (TPSA) is 94.1 Å². The van der Waals surface area contributed by atoms with E-state index in [2.05, 4.69) is 38.2 Å². The predicted octanol–water partition coefficient (Wildman–Crippen LogP) is 14.1. The van der Waals surface area contributed by atoms with E-state index in [1.807, 2.05) is 21.1 Å². The molecule has 9 heteroatoms. The minimum absolute atomic E-state index is 0.0261. The Labute approximate surface area is 360 Å². The number of allylic oxidation sites excluding steroid dienone is 4. The van der Waals surface area contributed by atoms with E-state index in [0.717, 1.165) is 51.4 Å². The lowest BCUT2D eigenvalue weighted by molar-refractivity contribution is -0.870. The van der Waals surface area contributed by atoms with Crippen LogP contribution < -0.4 is 4.89 Å². The van der Waals surface area contributed by atoms with Gasteiger partial charge in [-0.05, 0) is 57.8 Å². The van der Waals surface area contributed by atoms with Gasteiger partial charge in [0.05, 0.1) is 34.4 Å². The van der Waals surface area contributed by atoms with Gasteiger partial charge in [0.2, 0.25) is 0 Å². The van der Waals surface area contributed by atoms with Gasteiger partial charge in [0, 0.05) is 13.0 Å². The Balaban J connectivity index is 3.97. The number of carbonyl (C=O) groups excluding carboxylic acids is 1. The fourth-order valence-electron chi connectivity index (χ4n) is 6.90. The van der Waals surface area contributed by atoms with Crippen LogP contribution in [0.15, 0.2) is 24.3 Å². The number of quaternary nitrogens is 1. The first-order valence-corrected chi connectivity index (χ1v) is 26.0. The number of carbonyl (C=O) groups is 1. The summed E-state index contributed by atoms with van der Waals surface area (Å²) < 4.78 is 34.6. The molecule has 0 aliphatic heterocycles. The highest BCUT2D eigenvalue weighted by Gasteiger charge is 2.20. The normalized spacial score (nSPS) is 13.8. The van der Waals surface area contributed by atoms with E-state index in [4.69, 9.17) is 18.5 Å². The maximum Gasteiger partial charge on any atom is 0.306 e. The van der Waals surface area contributed by atoms with Crippen molar-refractivity contribution >= 4 is 13.8 Å². The fourth-order valence-corrected chi connectivity index (χ4v) is 7.63. The number of rotatable bonds is 46. The molecule has 0 amide bonds. The van der Waals surface area contributed by atoms with Crippen LogP contribution in [0.3, 0.4) is 0 Å². The Bertz CT molecular complexity index is 983. The summed E-state index contributed by atoms with van der Waals surface area (Å²) in [5.74, 6) is -0.343. The van der Waals surface area contributed by atoms with Gasteiger partial charge in [-0.25, -0.2) is 0 Å². The van der Waals surface area contributed by atoms with Gasteiger partial charge >= 0.3 is 5.97 Å². The summed E-state index contributed by atoms with van der Waals surface area (Å²) in [5, 5.41) is 0. The van der Waals surface area contributed by atoms with Crippen molar-refractivity contribution < 1.29 is 37.3 Å². The molecule has 0 bridgehead atoms. The standard InChI is InChI=1S/C49H96NO7P/c1-6-8-10-12-14-16-18-19-20-21-22-23-24-25-26-27-28-29-30-31-32-33-35-37-39-41-44-54-46-48(47-56-58(52,53)55-45-43-50(3,4)5)57-49(51)42-40-38-36-34-17-15-13-11-9-7-2/h11,13,21-22,48H,6-10,12,14-20,23-47H2,1-5H3/b13-11-,22-21-. The van der Waals surface area contributed by atoms with Gasteiger partial charge in [-0.15, -0.1) is 0 Å². The first-order valence-electron chi connectivity index (χ1n) is 24.6. The van der Waals surface area contributed by atoms with E-state index >= 15 is 0 Å². The van der Waals surface area contributed by atoms with Crippen LogP contribution in [0.4, 0.5) is 0 Å². The van der Waals surface area contributed by atoms with Crippen LogP contribution in [0.1, 0.15) is 226 Å². The van der Waals surface area contributed by atoms with Crippen LogP contribution in [0.5, 0.6) is 0 Å². The van der Waals surface area contributed by atoms with Crippen LogP contribution >= 0.6 is 7.82 Å². The number of likely N-dealkylation sites (N-methyl/N-ethyl adjacent to an activating group) is 1. The molecule has 0 aliphatic rings. The van der Waals surface area contributed by atoms with E-state index < -0.39 is 13.9 Å². The van der Waals surface area contributed by atoms with Crippen molar-refractivity contribution in [3.05, 3.63) is 24.3 Å². The summed E-state index contributed by atoms with van der Waals surface area (Å²) in [6.07, 6.45) is 49.3. The molecule has 8 nitrogen and oxygen atoms in total. The molecule has 0 saturated carbocycles. The third-order valence-corrected chi connectivity index (χ3v) is 11.7. The smallest absolute Gasteiger partial charge is 0.306 e. The second-order valence-electron chi connectivity index (χ2n) is 17.8. The van der Waals surface area contributed by atoms with E-state index in [-0.39, 0.29) is 25.8 Å². The molecule has 0 aromatic carbocycles. The largest absolute Gasteiger partial charge is 0.756 e. The molecule has 0 fully saturated rings. The van der Waals surface area contributed by atoms with E-state index in [0.29, 0.717) is 24.1 Å². The number of hydrogen-bond donors (Lipinski definition) is 0. The highest BCUT2D eigenvalue weighted by molar-refractivity contribution is 7.45. The van der Waals surface area contributed by atoms with Gasteiger partial charge in [0.1, 0.15) is 19.3 Å². The molecule has 0 aromatic heterocycles. The highest BCUT2D eigenvalue weighted by Crippen LogP contribution is 2.38. The van der Waals surface area contributed by atoms with Gasteiger partial charge in [-0.2, -0.15) is 0 Å². The Morgan fingerprint density at radius 2 is 0.931 bits per heavy atom. The summed E-state index contributed by atoms with van der Waals surface area (Å²) in [7, 11) is 1.36. The maximum absolute atomic E-state index is 12.6. The van der Waals surface area contributed by atoms with Gasteiger partial charge in [0.25, 0.3) is 7.82 Å². The summed E-state index contributed by atoms with van der Waals surface area (Å²) in [6.45, 7) is 5.37. The summed E-state index contributed by atoms with van der Waals surface area (Å²) in [4.78, 5) is 25.0. The van der Waals surface area contributed by atoms with Crippen molar-refractivity contribution in [1.82, 2.24) is 0 Å². The molecule has 0 rings (SSSR count). The molecular weight excluding hydrogens is 746 g/mol. The number of phosphoric acid groups is 1. The summed E-state index contributed by atoms with van der Waals surface area (Å²) in [5.41, 5.74) is 0. The van der Waals surface area contributed by atoms with Crippen molar-refractivity contribution in [2.24, 2.45) is 0 Å². The third kappa shape index (κ3) is 46.1. The zero-order valence-corrected chi connectivity index (χ0v) is 39.9. The number of phosphoric ester groups is 1. The second-order valence-corrected chi connectivity index (χ2v) is 19.2. The minimum atomic E-state index is -4.52. The van der Waals surface area contributed by atoms with E-state index in [9.17, 15) is 14.3 Å². The Kier molecular flexibility index (Phi) is 41.9. The van der Waals surface area contributed by atoms with Crippen LogP contribution in [0.25, 0.3) is 0 Å². The second kappa shape index (κ2) is 42.7. The molecule has 2 unspecified atom stereocenters. The van der Waals surface area contributed by atoms with Gasteiger partial charge in [-0.1, -0.05) is 186 Å². The molecule has 0 aromatic rings. The maximum atomic E-state index is 12.6. The summed E-state index contributed by atoms with van der Waals surface area (Å²) in [6, 6.07) is 0. The molecule has 0 radical (unpaired) electrons. The van der Waals surface area contributed by atoms with Crippen molar-refractivity contribution in [2.45, 2.75) is 232 Å². The molecule has 0 saturated heterocycles. The lowest BCUT2D eigenvalue weighted by atomic mass is 10.0.